The Bertz CT molecular complexity index is 818. The van der Waals surface area contributed by atoms with Gasteiger partial charge in [-0.05, 0) is 24.5 Å². The Balaban J connectivity index is 1.96. The molecule has 0 spiro atoms. The lowest BCUT2D eigenvalue weighted by atomic mass is 10.3. The predicted molar refractivity (Wildman–Crippen MR) is 84.2 cm³/mol. The van der Waals surface area contributed by atoms with Gasteiger partial charge in [0, 0.05) is 17.3 Å². The maximum atomic E-state index is 12.4. The van der Waals surface area contributed by atoms with E-state index >= 15 is 0 Å². The average molecular weight is 319 g/mol. The van der Waals surface area contributed by atoms with E-state index in [9.17, 15) is 4.79 Å². The molecule has 0 aliphatic heterocycles. The highest BCUT2D eigenvalue weighted by Gasteiger charge is 2.19. The van der Waals surface area contributed by atoms with E-state index in [0.29, 0.717) is 5.65 Å². The lowest BCUT2D eigenvalue weighted by Crippen LogP contribution is -2.13. The number of carbonyl (C=O) groups is 1. The third kappa shape index (κ3) is 2.59. The molecule has 0 atom stereocenters. The largest absolute Gasteiger partial charge is 0.320 e. The minimum Gasteiger partial charge on any atom is -0.320 e. The highest BCUT2D eigenvalue weighted by molar-refractivity contribution is 7.98. The van der Waals surface area contributed by atoms with Crippen molar-refractivity contribution >= 4 is 40.6 Å². The van der Waals surface area contributed by atoms with Gasteiger partial charge < -0.3 is 5.32 Å². The predicted octanol–water partition coefficient (Wildman–Crippen LogP) is 3.36. The second-order valence-corrected chi connectivity index (χ2v) is 5.43. The average Bonchev–Trinajstić information content (AvgIpc) is 2.85. The van der Waals surface area contributed by atoms with Crippen LogP contribution in [0, 0.1) is 0 Å². The van der Waals surface area contributed by atoms with Crippen LogP contribution in [0.3, 0.4) is 0 Å². The standard InChI is InChI=1S/C14H11ClN4OS/c1-21-10-6-3-2-5-9(10)17-14(20)12-11(15)13-16-7-4-8-19(13)18-12/h2-8H,1H3,(H,17,20). The quantitative estimate of drug-likeness (QED) is 0.752. The second-order valence-electron chi connectivity index (χ2n) is 4.20. The summed E-state index contributed by atoms with van der Waals surface area (Å²) in [5.74, 6) is -0.355. The zero-order valence-corrected chi connectivity index (χ0v) is 12.6. The fraction of sp³-hybridized carbons (Fsp3) is 0.0714. The summed E-state index contributed by atoms with van der Waals surface area (Å²) in [7, 11) is 0. The summed E-state index contributed by atoms with van der Waals surface area (Å²) in [5, 5.41) is 7.24. The van der Waals surface area contributed by atoms with Crippen LogP contribution >= 0.6 is 23.4 Å². The molecule has 0 bridgehead atoms. The normalized spacial score (nSPS) is 10.8. The number of amides is 1. The van der Waals surface area contributed by atoms with Crippen LogP contribution in [0.2, 0.25) is 5.02 Å². The van der Waals surface area contributed by atoms with Gasteiger partial charge in [-0.25, -0.2) is 9.50 Å². The van der Waals surface area contributed by atoms with Gasteiger partial charge in [0.05, 0.1) is 5.69 Å². The van der Waals surface area contributed by atoms with E-state index in [1.54, 1.807) is 30.2 Å². The molecule has 0 aliphatic carbocycles. The van der Waals surface area contributed by atoms with Crippen LogP contribution in [0.25, 0.3) is 5.65 Å². The third-order valence-corrected chi connectivity index (χ3v) is 4.05. The van der Waals surface area contributed by atoms with Gasteiger partial charge >= 0.3 is 0 Å². The van der Waals surface area contributed by atoms with Crippen LogP contribution in [0.15, 0.2) is 47.6 Å². The molecule has 1 amide bonds. The number of rotatable bonds is 3. The summed E-state index contributed by atoms with van der Waals surface area (Å²) >= 11 is 7.74. The third-order valence-electron chi connectivity index (χ3n) is 2.91. The van der Waals surface area contributed by atoms with Crippen molar-refractivity contribution in [1.82, 2.24) is 14.6 Å². The van der Waals surface area contributed by atoms with Gasteiger partial charge in [0.25, 0.3) is 5.91 Å². The second kappa shape index (κ2) is 5.75. The number of carbonyl (C=O) groups excluding carboxylic acids is 1. The summed E-state index contributed by atoms with van der Waals surface area (Å²) in [6.07, 6.45) is 5.25. The van der Waals surface area contributed by atoms with E-state index in [2.05, 4.69) is 15.4 Å². The van der Waals surface area contributed by atoms with Crippen molar-refractivity contribution in [2.75, 3.05) is 11.6 Å². The molecule has 1 N–H and O–H groups in total. The molecule has 0 fully saturated rings. The molecule has 21 heavy (non-hydrogen) atoms. The van der Waals surface area contributed by atoms with Crippen LogP contribution in [-0.2, 0) is 0 Å². The van der Waals surface area contributed by atoms with Gasteiger partial charge in [0.15, 0.2) is 11.3 Å². The molecule has 0 saturated carbocycles. The zero-order chi connectivity index (χ0) is 14.8. The number of hydrogen-bond acceptors (Lipinski definition) is 4. The SMILES string of the molecule is CSc1ccccc1NC(=O)c1nn2cccnc2c1Cl. The fourth-order valence-electron chi connectivity index (χ4n) is 1.93. The van der Waals surface area contributed by atoms with E-state index in [0.717, 1.165) is 10.6 Å². The van der Waals surface area contributed by atoms with Crippen molar-refractivity contribution in [3.8, 4) is 0 Å². The van der Waals surface area contributed by atoms with Crippen LogP contribution in [0.4, 0.5) is 5.69 Å². The van der Waals surface area contributed by atoms with Gasteiger partial charge in [-0.3, -0.25) is 4.79 Å². The van der Waals surface area contributed by atoms with E-state index in [1.165, 1.54) is 4.52 Å². The minimum absolute atomic E-state index is 0.159. The van der Waals surface area contributed by atoms with E-state index < -0.39 is 0 Å². The molecule has 7 heteroatoms. The van der Waals surface area contributed by atoms with Crippen LogP contribution in [-0.4, -0.2) is 26.8 Å². The molecular weight excluding hydrogens is 308 g/mol. The van der Waals surface area contributed by atoms with Gasteiger partial charge in [-0.15, -0.1) is 11.8 Å². The number of fused-ring (bicyclic) bond motifs is 1. The number of hydrogen-bond donors (Lipinski definition) is 1. The van der Waals surface area contributed by atoms with E-state index in [-0.39, 0.29) is 16.6 Å². The first-order valence-corrected chi connectivity index (χ1v) is 7.74. The minimum atomic E-state index is -0.355. The molecule has 0 saturated heterocycles. The Hall–Kier alpha value is -2.05. The Morgan fingerprint density at radius 1 is 1.33 bits per heavy atom. The maximum absolute atomic E-state index is 12.4. The van der Waals surface area contributed by atoms with Crippen molar-refractivity contribution in [3.05, 3.63) is 53.4 Å². The number of nitrogens with zero attached hydrogens (tertiary/aromatic N) is 3. The van der Waals surface area contributed by atoms with Gasteiger partial charge in [-0.2, -0.15) is 5.10 Å². The molecule has 2 heterocycles. The summed E-state index contributed by atoms with van der Waals surface area (Å²) in [4.78, 5) is 17.4. The molecular formula is C14H11ClN4OS. The molecule has 0 aliphatic rings. The number of para-hydroxylation sites is 1. The fourth-order valence-corrected chi connectivity index (χ4v) is 2.75. The first kappa shape index (κ1) is 13.9. The van der Waals surface area contributed by atoms with E-state index in [4.69, 9.17) is 11.6 Å². The Labute approximate surface area is 130 Å². The molecule has 1 aromatic carbocycles. The van der Waals surface area contributed by atoms with E-state index in [1.807, 2.05) is 30.5 Å². The number of benzene rings is 1. The summed E-state index contributed by atoms with van der Waals surface area (Å²) in [5.41, 5.74) is 1.35. The van der Waals surface area contributed by atoms with Gasteiger partial charge in [0.1, 0.15) is 5.02 Å². The van der Waals surface area contributed by atoms with Crippen molar-refractivity contribution in [2.24, 2.45) is 0 Å². The Kier molecular flexibility index (Phi) is 3.81. The van der Waals surface area contributed by atoms with Crippen LogP contribution < -0.4 is 5.32 Å². The lowest BCUT2D eigenvalue weighted by Gasteiger charge is -2.07. The summed E-state index contributed by atoms with van der Waals surface area (Å²) in [6.45, 7) is 0. The first-order valence-electron chi connectivity index (χ1n) is 6.14. The molecule has 0 unspecified atom stereocenters. The molecule has 0 radical (unpaired) electrons. The zero-order valence-electron chi connectivity index (χ0n) is 11.1. The van der Waals surface area contributed by atoms with Crippen molar-refractivity contribution in [3.63, 3.8) is 0 Å². The molecule has 5 nitrogen and oxygen atoms in total. The summed E-state index contributed by atoms with van der Waals surface area (Å²) in [6, 6.07) is 9.28. The van der Waals surface area contributed by atoms with Crippen molar-refractivity contribution in [2.45, 2.75) is 4.90 Å². The Morgan fingerprint density at radius 3 is 2.90 bits per heavy atom. The number of halogens is 1. The molecule has 3 aromatic rings. The molecule has 3 rings (SSSR count). The number of nitrogens with one attached hydrogen (secondary N) is 1. The number of aromatic nitrogens is 3. The Morgan fingerprint density at radius 2 is 2.14 bits per heavy atom. The smallest absolute Gasteiger partial charge is 0.277 e. The van der Waals surface area contributed by atoms with Crippen molar-refractivity contribution in [1.29, 1.82) is 0 Å². The molecule has 2 aromatic heterocycles. The van der Waals surface area contributed by atoms with Gasteiger partial charge in [-0.1, -0.05) is 23.7 Å². The van der Waals surface area contributed by atoms with Gasteiger partial charge in [0.2, 0.25) is 0 Å². The van der Waals surface area contributed by atoms with Crippen LogP contribution in [0.1, 0.15) is 10.5 Å². The number of anilines is 1. The highest BCUT2D eigenvalue weighted by Crippen LogP contribution is 2.26. The lowest BCUT2D eigenvalue weighted by molar-refractivity contribution is 0.102. The first-order chi connectivity index (χ1) is 10.2. The monoisotopic (exact) mass is 318 g/mol. The van der Waals surface area contributed by atoms with Crippen LogP contribution in [0.5, 0.6) is 0 Å². The topological polar surface area (TPSA) is 59.3 Å². The molecule has 106 valence electrons. The highest BCUT2D eigenvalue weighted by atomic mass is 35.5. The number of thioether (sulfide) groups is 1. The van der Waals surface area contributed by atoms with Crippen molar-refractivity contribution < 1.29 is 4.79 Å². The summed E-state index contributed by atoms with van der Waals surface area (Å²) < 4.78 is 1.48. The maximum Gasteiger partial charge on any atom is 0.277 e.